The predicted molar refractivity (Wildman–Crippen MR) is 102 cm³/mol. The van der Waals surface area contributed by atoms with Gasteiger partial charge < -0.3 is 11.5 Å². The van der Waals surface area contributed by atoms with Gasteiger partial charge >= 0.3 is 0 Å². The molecule has 4 N–H and O–H groups in total. The molecular weight excluding hydrogens is 345 g/mol. The predicted octanol–water partition coefficient (Wildman–Crippen LogP) is 2.81. The number of fused-ring (bicyclic) bond motifs is 1. The minimum atomic E-state index is -0.300. The van der Waals surface area contributed by atoms with Crippen LogP contribution < -0.4 is 11.5 Å². The highest BCUT2D eigenvalue weighted by atomic mass is 19.1. The fraction of sp³-hybridized carbons (Fsp3) is 0.105. The van der Waals surface area contributed by atoms with Crippen LogP contribution in [-0.2, 0) is 6.54 Å². The Kier molecular flexibility index (Phi) is 4.15. The fourth-order valence-electron chi connectivity index (χ4n) is 2.98. The third kappa shape index (κ3) is 2.95. The average Bonchev–Trinajstić information content (AvgIpc) is 3.02. The van der Waals surface area contributed by atoms with Gasteiger partial charge in [0.1, 0.15) is 23.1 Å². The summed E-state index contributed by atoms with van der Waals surface area (Å²) in [6, 6.07) is 10.2. The van der Waals surface area contributed by atoms with Gasteiger partial charge in [-0.25, -0.2) is 24.0 Å². The first-order valence-corrected chi connectivity index (χ1v) is 8.36. The summed E-state index contributed by atoms with van der Waals surface area (Å²) in [7, 11) is 0. The Labute approximate surface area is 154 Å². The summed E-state index contributed by atoms with van der Waals surface area (Å²) in [6.45, 7) is 2.04. The first kappa shape index (κ1) is 16.9. The molecule has 8 heteroatoms. The van der Waals surface area contributed by atoms with Crippen LogP contribution in [0.25, 0.3) is 22.6 Å². The third-order valence-corrected chi connectivity index (χ3v) is 4.29. The maximum absolute atomic E-state index is 14.1. The number of nitrogen functional groups attached to an aromatic ring is 2. The van der Waals surface area contributed by atoms with Gasteiger partial charge in [0.2, 0.25) is 0 Å². The second-order valence-corrected chi connectivity index (χ2v) is 5.99. The van der Waals surface area contributed by atoms with E-state index in [0.29, 0.717) is 28.3 Å². The molecule has 0 amide bonds. The molecule has 0 saturated carbocycles. The first-order valence-electron chi connectivity index (χ1n) is 8.36. The maximum Gasteiger partial charge on any atom is 0.184 e. The lowest BCUT2D eigenvalue weighted by Crippen LogP contribution is -2.07. The van der Waals surface area contributed by atoms with Crippen molar-refractivity contribution in [1.82, 2.24) is 24.7 Å². The zero-order valence-electron chi connectivity index (χ0n) is 14.6. The fourth-order valence-corrected chi connectivity index (χ4v) is 2.98. The van der Waals surface area contributed by atoms with E-state index in [1.54, 1.807) is 41.6 Å². The first-order chi connectivity index (χ1) is 13.1. The zero-order valence-corrected chi connectivity index (χ0v) is 14.6. The molecule has 1 aromatic carbocycles. The molecule has 0 aliphatic carbocycles. The molecule has 0 spiro atoms. The molecule has 0 saturated heterocycles. The zero-order chi connectivity index (χ0) is 19.0. The Morgan fingerprint density at radius 2 is 1.81 bits per heavy atom. The molecule has 4 rings (SSSR count). The van der Waals surface area contributed by atoms with Gasteiger partial charge in [-0.15, -0.1) is 0 Å². The third-order valence-electron chi connectivity index (χ3n) is 4.29. The summed E-state index contributed by atoms with van der Waals surface area (Å²) in [6.07, 6.45) is 3.41. The number of anilines is 2. The molecule has 135 valence electrons. The molecule has 0 bridgehead atoms. The van der Waals surface area contributed by atoms with Gasteiger partial charge in [-0.2, -0.15) is 5.10 Å². The van der Waals surface area contributed by atoms with E-state index in [4.69, 9.17) is 11.5 Å². The summed E-state index contributed by atoms with van der Waals surface area (Å²) in [5.74, 6) is 0.563. The van der Waals surface area contributed by atoms with Crippen molar-refractivity contribution >= 4 is 22.7 Å². The quantitative estimate of drug-likeness (QED) is 0.578. The maximum atomic E-state index is 14.1. The van der Waals surface area contributed by atoms with Crippen LogP contribution in [0.15, 0.2) is 42.6 Å². The van der Waals surface area contributed by atoms with Gasteiger partial charge in [0, 0.05) is 17.3 Å². The van der Waals surface area contributed by atoms with Crippen molar-refractivity contribution in [2.24, 2.45) is 0 Å². The molecule has 3 aromatic heterocycles. The monoisotopic (exact) mass is 362 g/mol. The standard InChI is InChI=1S/C19H17FN7/c1-2-12-16(21)24-18(25-17(12)22)15-13-7-5-9-23-19(13)27(26-15)10-11-6-3-4-8-14(11)20/h2-9H,10H2,1H3,(H4,21,22,24,25). The number of benzene rings is 1. The number of nitrogens with two attached hydrogens (primary N) is 2. The molecule has 0 atom stereocenters. The Bertz CT molecular complexity index is 1110. The average molecular weight is 362 g/mol. The molecule has 7 nitrogen and oxygen atoms in total. The second-order valence-electron chi connectivity index (χ2n) is 5.99. The normalized spacial score (nSPS) is 11.2. The highest BCUT2D eigenvalue weighted by Crippen LogP contribution is 2.28. The molecule has 0 unspecified atom stereocenters. The van der Waals surface area contributed by atoms with E-state index in [1.165, 1.54) is 6.07 Å². The van der Waals surface area contributed by atoms with Gasteiger partial charge in [-0.05, 0) is 24.6 Å². The van der Waals surface area contributed by atoms with Gasteiger partial charge in [-0.1, -0.05) is 25.1 Å². The lowest BCUT2D eigenvalue weighted by Gasteiger charge is -2.07. The Balaban J connectivity index is 1.87. The molecule has 0 aliphatic rings. The summed E-state index contributed by atoms with van der Waals surface area (Å²) in [5, 5.41) is 5.31. The van der Waals surface area contributed by atoms with E-state index in [2.05, 4.69) is 20.1 Å². The smallest absolute Gasteiger partial charge is 0.184 e. The number of hydrogen-bond acceptors (Lipinski definition) is 6. The second kappa shape index (κ2) is 6.64. The number of rotatable bonds is 4. The van der Waals surface area contributed by atoms with Crippen LogP contribution in [0, 0.1) is 12.2 Å². The van der Waals surface area contributed by atoms with Crippen molar-refractivity contribution in [3.05, 3.63) is 66.0 Å². The minimum Gasteiger partial charge on any atom is -0.383 e. The summed E-state index contributed by atoms with van der Waals surface area (Å²) in [4.78, 5) is 13.1. The number of nitrogens with zero attached hydrogens (tertiary/aromatic N) is 5. The molecular formula is C19H17FN7. The Hall–Kier alpha value is -3.55. The van der Waals surface area contributed by atoms with Crippen molar-refractivity contribution in [3.8, 4) is 11.5 Å². The Morgan fingerprint density at radius 3 is 2.52 bits per heavy atom. The SMILES string of the molecule is C[CH]c1c(N)nc(-c2nn(Cc3ccccc3F)c3ncccc23)nc1N. The van der Waals surface area contributed by atoms with Crippen molar-refractivity contribution in [2.45, 2.75) is 13.5 Å². The number of aromatic nitrogens is 5. The summed E-state index contributed by atoms with van der Waals surface area (Å²) in [5.41, 5.74) is 14.2. The van der Waals surface area contributed by atoms with E-state index in [9.17, 15) is 4.39 Å². The van der Waals surface area contributed by atoms with Crippen LogP contribution in [0.4, 0.5) is 16.0 Å². The molecule has 3 heterocycles. The van der Waals surface area contributed by atoms with Crippen molar-refractivity contribution < 1.29 is 4.39 Å². The van der Waals surface area contributed by atoms with Crippen LogP contribution >= 0.6 is 0 Å². The van der Waals surface area contributed by atoms with Crippen LogP contribution in [0.5, 0.6) is 0 Å². The van der Waals surface area contributed by atoms with Crippen molar-refractivity contribution in [2.75, 3.05) is 11.5 Å². The van der Waals surface area contributed by atoms with E-state index in [0.717, 1.165) is 5.39 Å². The van der Waals surface area contributed by atoms with E-state index in [-0.39, 0.29) is 24.0 Å². The number of pyridine rings is 1. The molecule has 0 fully saturated rings. The van der Waals surface area contributed by atoms with E-state index < -0.39 is 0 Å². The van der Waals surface area contributed by atoms with Crippen LogP contribution in [-0.4, -0.2) is 24.7 Å². The van der Waals surface area contributed by atoms with Gasteiger partial charge in [0.05, 0.1) is 11.9 Å². The molecule has 27 heavy (non-hydrogen) atoms. The lowest BCUT2D eigenvalue weighted by atomic mass is 10.2. The molecule has 1 radical (unpaired) electrons. The topological polar surface area (TPSA) is 109 Å². The highest BCUT2D eigenvalue weighted by molar-refractivity contribution is 5.89. The van der Waals surface area contributed by atoms with Gasteiger partial charge in [-0.3, -0.25) is 0 Å². The Morgan fingerprint density at radius 1 is 1.07 bits per heavy atom. The van der Waals surface area contributed by atoms with Crippen molar-refractivity contribution in [3.63, 3.8) is 0 Å². The van der Waals surface area contributed by atoms with Crippen LogP contribution in [0.2, 0.25) is 0 Å². The van der Waals surface area contributed by atoms with Gasteiger partial charge in [0.25, 0.3) is 0 Å². The van der Waals surface area contributed by atoms with E-state index in [1.807, 2.05) is 13.0 Å². The van der Waals surface area contributed by atoms with Crippen LogP contribution in [0.3, 0.4) is 0 Å². The lowest BCUT2D eigenvalue weighted by molar-refractivity contribution is 0.589. The number of hydrogen-bond donors (Lipinski definition) is 2. The molecule has 0 aliphatic heterocycles. The van der Waals surface area contributed by atoms with Crippen LogP contribution in [0.1, 0.15) is 18.1 Å². The van der Waals surface area contributed by atoms with E-state index >= 15 is 0 Å². The number of halogens is 1. The summed E-state index contributed by atoms with van der Waals surface area (Å²) >= 11 is 0. The largest absolute Gasteiger partial charge is 0.383 e. The highest BCUT2D eigenvalue weighted by Gasteiger charge is 2.18. The van der Waals surface area contributed by atoms with Gasteiger partial charge in [0.15, 0.2) is 11.5 Å². The summed E-state index contributed by atoms with van der Waals surface area (Å²) < 4.78 is 15.7. The minimum absolute atomic E-state index is 0.228. The molecule has 4 aromatic rings. The van der Waals surface area contributed by atoms with Crippen molar-refractivity contribution in [1.29, 1.82) is 0 Å².